The van der Waals surface area contributed by atoms with Crippen LogP contribution in [-0.4, -0.2) is 48.8 Å². The number of hydrogen-bond donors (Lipinski definition) is 1. The number of thioether (sulfide) groups is 1. The standard InChI is InChI=1S/C19H17ClFN3O3S2/c20-14-8-12(6-7-15(14)21)22-18(25)9-24(13-4-2-1-3-5-13)19-23-16-10-29(26,27)11-17(16)28-19/h1-8,16-17H,9-11H2,(H,22,25)/t16-,17+/m1/s1. The molecule has 0 bridgehead atoms. The number of anilines is 2. The lowest BCUT2D eigenvalue weighted by atomic mass is 10.2. The number of carbonyl (C=O) groups excluding carboxylic acids is 1. The van der Waals surface area contributed by atoms with E-state index in [-0.39, 0.29) is 40.3 Å². The fourth-order valence-electron chi connectivity index (χ4n) is 3.27. The van der Waals surface area contributed by atoms with E-state index in [9.17, 15) is 17.6 Å². The van der Waals surface area contributed by atoms with Crippen molar-refractivity contribution in [3.8, 4) is 0 Å². The first-order valence-corrected chi connectivity index (χ1v) is 11.9. The lowest BCUT2D eigenvalue weighted by Crippen LogP contribution is -2.36. The van der Waals surface area contributed by atoms with Gasteiger partial charge in [0, 0.05) is 16.6 Å². The summed E-state index contributed by atoms with van der Waals surface area (Å²) >= 11 is 7.16. The molecule has 1 saturated heterocycles. The normalized spacial score (nSPS) is 22.1. The molecule has 0 aliphatic carbocycles. The van der Waals surface area contributed by atoms with Gasteiger partial charge in [-0.3, -0.25) is 9.79 Å². The number of amidine groups is 1. The molecule has 152 valence electrons. The third-order valence-electron chi connectivity index (χ3n) is 4.61. The molecule has 2 aromatic rings. The van der Waals surface area contributed by atoms with E-state index in [0.717, 1.165) is 5.69 Å². The predicted octanol–water partition coefficient (Wildman–Crippen LogP) is 3.19. The highest BCUT2D eigenvalue weighted by Gasteiger charge is 2.44. The van der Waals surface area contributed by atoms with Crippen molar-refractivity contribution < 1.29 is 17.6 Å². The minimum atomic E-state index is -3.06. The molecular weight excluding hydrogens is 437 g/mol. The van der Waals surface area contributed by atoms with Crippen molar-refractivity contribution in [2.45, 2.75) is 11.3 Å². The lowest BCUT2D eigenvalue weighted by Gasteiger charge is -2.24. The summed E-state index contributed by atoms with van der Waals surface area (Å²) in [6.07, 6.45) is 0. The molecule has 0 unspecified atom stereocenters. The van der Waals surface area contributed by atoms with Crippen LogP contribution in [0.5, 0.6) is 0 Å². The van der Waals surface area contributed by atoms with E-state index in [1.54, 1.807) is 4.90 Å². The zero-order valence-electron chi connectivity index (χ0n) is 15.1. The van der Waals surface area contributed by atoms with Gasteiger partial charge in [-0.25, -0.2) is 12.8 Å². The third-order valence-corrected chi connectivity index (χ3v) is 8.15. The smallest absolute Gasteiger partial charge is 0.244 e. The van der Waals surface area contributed by atoms with Gasteiger partial charge in [-0.05, 0) is 30.3 Å². The maximum atomic E-state index is 13.3. The Morgan fingerprint density at radius 2 is 2.00 bits per heavy atom. The number of halogens is 2. The first-order chi connectivity index (χ1) is 13.8. The van der Waals surface area contributed by atoms with Gasteiger partial charge in [0.2, 0.25) is 5.91 Å². The maximum absolute atomic E-state index is 13.3. The molecule has 2 aromatic carbocycles. The Balaban J connectivity index is 1.54. The minimum Gasteiger partial charge on any atom is -0.324 e. The first-order valence-electron chi connectivity index (χ1n) is 8.83. The van der Waals surface area contributed by atoms with Crippen molar-refractivity contribution >= 4 is 55.6 Å². The van der Waals surface area contributed by atoms with E-state index in [2.05, 4.69) is 10.3 Å². The molecule has 0 radical (unpaired) electrons. The third kappa shape index (κ3) is 4.57. The summed E-state index contributed by atoms with van der Waals surface area (Å²) in [5.41, 5.74) is 1.16. The summed E-state index contributed by atoms with van der Waals surface area (Å²) in [6, 6.07) is 13.0. The predicted molar refractivity (Wildman–Crippen MR) is 115 cm³/mol. The van der Waals surface area contributed by atoms with Crippen molar-refractivity contribution in [2.75, 3.05) is 28.3 Å². The van der Waals surface area contributed by atoms with Gasteiger partial charge in [0.25, 0.3) is 0 Å². The number of sulfone groups is 1. The zero-order chi connectivity index (χ0) is 20.6. The van der Waals surface area contributed by atoms with Gasteiger partial charge >= 0.3 is 0 Å². The number of hydrogen-bond acceptors (Lipinski definition) is 6. The fraction of sp³-hybridized carbons (Fsp3) is 0.263. The van der Waals surface area contributed by atoms with Crippen LogP contribution in [0.3, 0.4) is 0 Å². The van der Waals surface area contributed by atoms with Gasteiger partial charge in [0.1, 0.15) is 12.4 Å². The van der Waals surface area contributed by atoms with Crippen LogP contribution in [0.4, 0.5) is 15.8 Å². The average molecular weight is 454 g/mol. The highest BCUT2D eigenvalue weighted by molar-refractivity contribution is 8.15. The van der Waals surface area contributed by atoms with Gasteiger partial charge in [0.15, 0.2) is 15.0 Å². The van der Waals surface area contributed by atoms with Crippen LogP contribution < -0.4 is 10.2 Å². The summed E-state index contributed by atoms with van der Waals surface area (Å²) in [7, 11) is -3.06. The van der Waals surface area contributed by atoms with Crippen LogP contribution >= 0.6 is 23.4 Å². The number of aliphatic imine (C=N–C) groups is 1. The molecule has 2 atom stereocenters. The average Bonchev–Trinajstić information content (AvgIpc) is 3.17. The molecule has 6 nitrogen and oxygen atoms in total. The van der Waals surface area contributed by atoms with Crippen molar-refractivity contribution in [1.29, 1.82) is 0 Å². The number of nitrogens with one attached hydrogen (secondary N) is 1. The maximum Gasteiger partial charge on any atom is 0.244 e. The minimum absolute atomic E-state index is 0.0307. The van der Waals surface area contributed by atoms with E-state index in [1.165, 1.54) is 30.0 Å². The number of carbonyl (C=O) groups is 1. The van der Waals surface area contributed by atoms with Gasteiger partial charge in [-0.2, -0.15) is 0 Å². The summed E-state index contributed by atoms with van der Waals surface area (Å²) < 4.78 is 37.0. The van der Waals surface area contributed by atoms with Gasteiger partial charge < -0.3 is 10.2 Å². The second-order valence-corrected chi connectivity index (χ2v) is 10.6. The van der Waals surface area contributed by atoms with Crippen LogP contribution in [-0.2, 0) is 14.6 Å². The molecule has 0 aromatic heterocycles. The Bertz CT molecular complexity index is 1080. The van der Waals surface area contributed by atoms with Crippen molar-refractivity contribution in [3.63, 3.8) is 0 Å². The monoisotopic (exact) mass is 453 g/mol. The summed E-state index contributed by atoms with van der Waals surface area (Å²) in [5, 5.41) is 3.12. The Kier molecular flexibility index (Phi) is 5.54. The second kappa shape index (κ2) is 7.97. The molecule has 1 amide bonds. The van der Waals surface area contributed by atoms with Crippen molar-refractivity contribution in [3.05, 3.63) is 59.4 Å². The van der Waals surface area contributed by atoms with Gasteiger partial charge in [-0.15, -0.1) is 0 Å². The Morgan fingerprint density at radius 3 is 2.69 bits per heavy atom. The number of benzene rings is 2. The molecule has 10 heteroatoms. The molecular formula is C19H17ClFN3O3S2. The van der Waals surface area contributed by atoms with Crippen LogP contribution in [0.15, 0.2) is 53.5 Å². The Labute approximate surface area is 177 Å². The van der Waals surface area contributed by atoms with Crippen molar-refractivity contribution in [1.82, 2.24) is 0 Å². The second-order valence-electron chi connectivity index (χ2n) is 6.81. The topological polar surface area (TPSA) is 78.8 Å². The van der Waals surface area contributed by atoms with E-state index in [1.807, 2.05) is 30.3 Å². The molecule has 4 rings (SSSR count). The molecule has 2 heterocycles. The van der Waals surface area contributed by atoms with Crippen LogP contribution in [0.25, 0.3) is 0 Å². The summed E-state index contributed by atoms with van der Waals surface area (Å²) in [4.78, 5) is 19.0. The van der Waals surface area contributed by atoms with Gasteiger partial charge in [0.05, 0.1) is 22.6 Å². The largest absolute Gasteiger partial charge is 0.324 e. The first kappa shape index (κ1) is 20.2. The molecule has 2 aliphatic rings. The molecule has 2 aliphatic heterocycles. The Morgan fingerprint density at radius 1 is 1.24 bits per heavy atom. The number of nitrogens with zero attached hydrogens (tertiary/aromatic N) is 2. The number of rotatable bonds is 4. The zero-order valence-corrected chi connectivity index (χ0v) is 17.5. The SMILES string of the molecule is O=C(CN(C1=N[C@@H]2CS(=O)(=O)C[C@@H]2S1)c1ccccc1)Nc1ccc(F)c(Cl)c1. The van der Waals surface area contributed by atoms with Crippen molar-refractivity contribution in [2.24, 2.45) is 4.99 Å². The number of amides is 1. The molecule has 1 fully saturated rings. The van der Waals surface area contributed by atoms with Crippen LogP contribution in [0.1, 0.15) is 0 Å². The molecule has 0 spiro atoms. The summed E-state index contributed by atoms with van der Waals surface area (Å²) in [6.45, 7) is -0.0307. The van der Waals surface area contributed by atoms with E-state index in [4.69, 9.17) is 11.6 Å². The van der Waals surface area contributed by atoms with Gasteiger partial charge in [-0.1, -0.05) is 41.6 Å². The van der Waals surface area contributed by atoms with Crippen LogP contribution in [0, 0.1) is 5.82 Å². The number of para-hydroxylation sites is 1. The molecule has 0 saturated carbocycles. The van der Waals surface area contributed by atoms with E-state index in [0.29, 0.717) is 10.9 Å². The quantitative estimate of drug-likeness (QED) is 0.769. The van der Waals surface area contributed by atoms with Crippen LogP contribution in [0.2, 0.25) is 5.02 Å². The fourth-order valence-corrected chi connectivity index (χ4v) is 7.23. The molecule has 1 N–H and O–H groups in total. The number of fused-ring (bicyclic) bond motifs is 1. The highest BCUT2D eigenvalue weighted by Crippen LogP contribution is 2.36. The summed E-state index contributed by atoms with van der Waals surface area (Å²) in [5.74, 6) is -0.756. The molecule has 29 heavy (non-hydrogen) atoms. The highest BCUT2D eigenvalue weighted by atomic mass is 35.5. The lowest BCUT2D eigenvalue weighted by molar-refractivity contribution is -0.114. The van der Waals surface area contributed by atoms with E-state index >= 15 is 0 Å². The van der Waals surface area contributed by atoms with E-state index < -0.39 is 15.7 Å². The Hall–Kier alpha value is -2.10.